The number of benzene rings is 1. The van der Waals surface area contributed by atoms with Crippen molar-refractivity contribution in [3.63, 3.8) is 0 Å². The minimum absolute atomic E-state index is 0.141. The molecule has 0 aliphatic rings. The third kappa shape index (κ3) is 2.47. The van der Waals surface area contributed by atoms with Crippen molar-refractivity contribution in [2.75, 3.05) is 5.73 Å². The van der Waals surface area contributed by atoms with Crippen molar-refractivity contribution >= 4 is 16.9 Å². The van der Waals surface area contributed by atoms with E-state index in [2.05, 4.69) is 15.0 Å². The largest absolute Gasteiger partial charge is 0.384 e. The Labute approximate surface area is 121 Å². The number of hydrogen-bond donors (Lipinski definition) is 1. The number of nitrogens with two attached hydrogens (primary N) is 1. The van der Waals surface area contributed by atoms with E-state index >= 15 is 0 Å². The Morgan fingerprint density at radius 1 is 1.14 bits per heavy atom. The molecule has 3 aromatic rings. The summed E-state index contributed by atoms with van der Waals surface area (Å²) in [6.07, 6.45) is 0. The highest BCUT2D eigenvalue weighted by Gasteiger charge is 2.10. The Kier molecular flexibility index (Phi) is 3.13. The van der Waals surface area contributed by atoms with Crippen LogP contribution in [0, 0.1) is 13.8 Å². The molecule has 106 valence electrons. The molecule has 0 aliphatic carbocycles. The molecule has 21 heavy (non-hydrogen) atoms. The Hall–Kier alpha value is -2.76. The van der Waals surface area contributed by atoms with E-state index in [1.165, 1.54) is 0 Å². The van der Waals surface area contributed by atoms with Crippen LogP contribution in [0.1, 0.15) is 17.2 Å². The Morgan fingerprint density at radius 2 is 1.90 bits per heavy atom. The van der Waals surface area contributed by atoms with Crippen LogP contribution in [0.15, 0.2) is 35.1 Å². The van der Waals surface area contributed by atoms with Gasteiger partial charge in [0.15, 0.2) is 5.82 Å². The van der Waals surface area contributed by atoms with Gasteiger partial charge < -0.3 is 5.73 Å². The average Bonchev–Trinajstić information content (AvgIpc) is 2.43. The SMILES string of the molecule is Cc1cc(N)nc(Cn2c(=O)c(C)nc3ccccc32)n1. The molecular formula is C15H15N5O. The zero-order valence-corrected chi connectivity index (χ0v) is 11.9. The second-order valence-corrected chi connectivity index (χ2v) is 4.93. The molecule has 6 nitrogen and oxygen atoms in total. The van der Waals surface area contributed by atoms with E-state index in [0.29, 0.717) is 17.3 Å². The van der Waals surface area contributed by atoms with Crippen LogP contribution in [0.3, 0.4) is 0 Å². The molecule has 2 heterocycles. The molecule has 0 spiro atoms. The van der Waals surface area contributed by atoms with Crippen molar-refractivity contribution in [2.24, 2.45) is 0 Å². The normalized spacial score (nSPS) is 11.0. The predicted molar refractivity (Wildman–Crippen MR) is 81.0 cm³/mol. The number of rotatable bonds is 2. The monoisotopic (exact) mass is 281 g/mol. The second kappa shape index (κ2) is 4.97. The Morgan fingerprint density at radius 3 is 2.67 bits per heavy atom. The number of hydrogen-bond acceptors (Lipinski definition) is 5. The quantitative estimate of drug-likeness (QED) is 0.768. The molecule has 6 heteroatoms. The van der Waals surface area contributed by atoms with Gasteiger partial charge in [-0.2, -0.15) is 0 Å². The minimum atomic E-state index is -0.141. The fraction of sp³-hybridized carbons (Fsp3) is 0.200. The lowest BCUT2D eigenvalue weighted by Crippen LogP contribution is -2.25. The first-order chi connectivity index (χ1) is 10.0. The van der Waals surface area contributed by atoms with Crippen LogP contribution in [-0.2, 0) is 6.54 Å². The third-order valence-electron chi connectivity index (χ3n) is 3.24. The van der Waals surface area contributed by atoms with Gasteiger partial charge in [-0.05, 0) is 26.0 Å². The number of aryl methyl sites for hydroxylation is 2. The summed E-state index contributed by atoms with van der Waals surface area (Å²) in [5.74, 6) is 0.922. The maximum absolute atomic E-state index is 12.4. The van der Waals surface area contributed by atoms with Gasteiger partial charge in [0.25, 0.3) is 5.56 Å². The third-order valence-corrected chi connectivity index (χ3v) is 3.24. The highest BCUT2D eigenvalue weighted by atomic mass is 16.1. The van der Waals surface area contributed by atoms with E-state index in [9.17, 15) is 4.79 Å². The van der Waals surface area contributed by atoms with Crippen LogP contribution in [0.25, 0.3) is 11.0 Å². The van der Waals surface area contributed by atoms with Gasteiger partial charge in [0, 0.05) is 11.8 Å². The van der Waals surface area contributed by atoms with Crippen LogP contribution < -0.4 is 11.3 Å². The summed E-state index contributed by atoms with van der Waals surface area (Å²) < 4.78 is 1.63. The summed E-state index contributed by atoms with van der Waals surface area (Å²) in [6.45, 7) is 3.82. The van der Waals surface area contributed by atoms with Crippen molar-refractivity contribution < 1.29 is 0 Å². The first kappa shape index (κ1) is 13.2. The molecule has 0 fully saturated rings. The summed E-state index contributed by atoms with van der Waals surface area (Å²) >= 11 is 0. The molecule has 0 amide bonds. The van der Waals surface area contributed by atoms with E-state index in [0.717, 1.165) is 16.7 Å². The van der Waals surface area contributed by atoms with E-state index in [1.807, 2.05) is 31.2 Å². The highest BCUT2D eigenvalue weighted by Crippen LogP contribution is 2.11. The molecular weight excluding hydrogens is 266 g/mol. The lowest BCUT2D eigenvalue weighted by Gasteiger charge is -2.10. The van der Waals surface area contributed by atoms with Crippen molar-refractivity contribution in [2.45, 2.75) is 20.4 Å². The summed E-state index contributed by atoms with van der Waals surface area (Å²) in [5, 5.41) is 0. The van der Waals surface area contributed by atoms with Crippen LogP contribution in [-0.4, -0.2) is 19.5 Å². The van der Waals surface area contributed by atoms with Gasteiger partial charge in [0.1, 0.15) is 11.5 Å². The van der Waals surface area contributed by atoms with Crippen molar-refractivity contribution in [3.8, 4) is 0 Å². The van der Waals surface area contributed by atoms with Gasteiger partial charge in [-0.25, -0.2) is 15.0 Å². The van der Waals surface area contributed by atoms with Gasteiger partial charge in [0.2, 0.25) is 0 Å². The maximum atomic E-state index is 12.4. The molecule has 2 N–H and O–H groups in total. The zero-order chi connectivity index (χ0) is 15.0. The van der Waals surface area contributed by atoms with Gasteiger partial charge in [-0.3, -0.25) is 9.36 Å². The number of anilines is 1. The summed E-state index contributed by atoms with van der Waals surface area (Å²) in [6, 6.07) is 9.21. The highest BCUT2D eigenvalue weighted by molar-refractivity contribution is 5.74. The van der Waals surface area contributed by atoms with Crippen LogP contribution in [0.2, 0.25) is 0 Å². The summed E-state index contributed by atoms with van der Waals surface area (Å²) in [4.78, 5) is 25.2. The van der Waals surface area contributed by atoms with Gasteiger partial charge in [-0.15, -0.1) is 0 Å². The average molecular weight is 281 g/mol. The molecule has 0 bridgehead atoms. The lowest BCUT2D eigenvalue weighted by molar-refractivity contribution is 0.727. The smallest absolute Gasteiger partial charge is 0.272 e. The minimum Gasteiger partial charge on any atom is -0.384 e. The van der Waals surface area contributed by atoms with Gasteiger partial charge in [-0.1, -0.05) is 12.1 Å². The fourth-order valence-corrected chi connectivity index (χ4v) is 2.35. The molecule has 2 aromatic heterocycles. The molecule has 0 saturated heterocycles. The molecule has 0 radical (unpaired) electrons. The number of para-hydroxylation sites is 2. The molecule has 1 aromatic carbocycles. The van der Waals surface area contributed by atoms with E-state index < -0.39 is 0 Å². The van der Waals surface area contributed by atoms with Gasteiger partial charge in [0.05, 0.1) is 17.6 Å². The van der Waals surface area contributed by atoms with Crippen molar-refractivity contribution in [3.05, 3.63) is 57.9 Å². The Bertz CT molecular complexity index is 865. The van der Waals surface area contributed by atoms with Crippen LogP contribution in [0.5, 0.6) is 0 Å². The summed E-state index contributed by atoms with van der Waals surface area (Å²) in [5.41, 5.74) is 8.37. The molecule has 0 unspecified atom stereocenters. The van der Waals surface area contributed by atoms with E-state index in [-0.39, 0.29) is 12.1 Å². The molecule has 0 atom stereocenters. The maximum Gasteiger partial charge on any atom is 0.272 e. The first-order valence-electron chi connectivity index (χ1n) is 6.61. The molecule has 0 saturated carbocycles. The van der Waals surface area contributed by atoms with E-state index in [1.54, 1.807) is 17.6 Å². The predicted octanol–water partition coefficient (Wildman–Crippen LogP) is 1.43. The fourth-order valence-electron chi connectivity index (χ4n) is 2.35. The Balaban J connectivity index is 2.20. The van der Waals surface area contributed by atoms with Crippen molar-refractivity contribution in [1.29, 1.82) is 0 Å². The number of nitrogens with zero attached hydrogens (tertiary/aromatic N) is 4. The zero-order valence-electron chi connectivity index (χ0n) is 11.9. The topological polar surface area (TPSA) is 86.7 Å². The molecule has 0 aliphatic heterocycles. The lowest BCUT2D eigenvalue weighted by atomic mass is 10.2. The first-order valence-corrected chi connectivity index (χ1v) is 6.61. The second-order valence-electron chi connectivity index (χ2n) is 4.93. The van der Waals surface area contributed by atoms with Crippen molar-refractivity contribution in [1.82, 2.24) is 19.5 Å². The number of fused-ring (bicyclic) bond motifs is 1. The number of aromatic nitrogens is 4. The number of nitrogen functional groups attached to an aromatic ring is 1. The summed E-state index contributed by atoms with van der Waals surface area (Å²) in [7, 11) is 0. The van der Waals surface area contributed by atoms with Gasteiger partial charge >= 0.3 is 0 Å². The molecule has 3 rings (SSSR count). The van der Waals surface area contributed by atoms with Crippen LogP contribution >= 0.6 is 0 Å². The standard InChI is InChI=1S/C15H15N5O/c1-9-7-13(16)19-14(17-9)8-20-12-6-4-3-5-11(12)18-10(2)15(20)21/h3-7H,8H2,1-2H3,(H2,16,17,19). The van der Waals surface area contributed by atoms with Crippen LogP contribution in [0.4, 0.5) is 5.82 Å². The van der Waals surface area contributed by atoms with E-state index in [4.69, 9.17) is 5.73 Å².